The number of benzene rings is 1. The maximum atomic E-state index is 12.9. The van der Waals surface area contributed by atoms with Crippen molar-refractivity contribution in [1.29, 1.82) is 5.26 Å². The van der Waals surface area contributed by atoms with Crippen molar-refractivity contribution in [2.45, 2.75) is 19.4 Å². The number of pyridine rings is 1. The van der Waals surface area contributed by atoms with E-state index in [1.807, 2.05) is 13.0 Å². The number of hydrogen-bond donors (Lipinski definition) is 1. The van der Waals surface area contributed by atoms with Gasteiger partial charge in [-0.2, -0.15) is 5.26 Å². The molecule has 0 fully saturated rings. The van der Waals surface area contributed by atoms with Crippen molar-refractivity contribution in [3.8, 4) is 6.07 Å². The highest BCUT2D eigenvalue weighted by atomic mass is 19.1. The van der Waals surface area contributed by atoms with E-state index in [-0.39, 0.29) is 24.3 Å². The molecule has 0 aliphatic heterocycles. The molecule has 124 valence electrons. The van der Waals surface area contributed by atoms with Gasteiger partial charge in [-0.3, -0.25) is 4.79 Å². The summed E-state index contributed by atoms with van der Waals surface area (Å²) in [7, 11) is 1.76. The van der Waals surface area contributed by atoms with E-state index in [4.69, 9.17) is 5.26 Å². The van der Waals surface area contributed by atoms with Crippen molar-refractivity contribution >= 4 is 11.7 Å². The van der Waals surface area contributed by atoms with Crippen LogP contribution in [0.3, 0.4) is 0 Å². The Morgan fingerprint density at radius 1 is 1.33 bits per heavy atom. The largest absolute Gasteiger partial charge is 0.352 e. The summed E-state index contributed by atoms with van der Waals surface area (Å²) in [6, 6.07) is 11.5. The summed E-state index contributed by atoms with van der Waals surface area (Å²) in [5.41, 5.74) is 1.44. The van der Waals surface area contributed by atoms with Crippen molar-refractivity contribution < 1.29 is 9.18 Å². The number of nitrogens with one attached hydrogen (secondary N) is 1. The van der Waals surface area contributed by atoms with E-state index < -0.39 is 0 Å². The number of rotatable bonds is 6. The number of carbonyl (C=O) groups excluding carboxylic acids is 1. The first-order chi connectivity index (χ1) is 11.5. The lowest BCUT2D eigenvalue weighted by Gasteiger charge is -2.20. The second kappa shape index (κ2) is 8.06. The molecule has 2 rings (SSSR count). The highest BCUT2D eigenvalue weighted by Gasteiger charge is 2.12. The predicted molar refractivity (Wildman–Crippen MR) is 89.9 cm³/mol. The van der Waals surface area contributed by atoms with Crippen LogP contribution in [-0.2, 0) is 11.2 Å². The molecule has 5 nitrogen and oxygen atoms in total. The zero-order valence-electron chi connectivity index (χ0n) is 13.7. The lowest BCUT2D eigenvalue weighted by molar-refractivity contribution is -0.120. The lowest BCUT2D eigenvalue weighted by Crippen LogP contribution is -2.40. The normalized spacial score (nSPS) is 11.4. The molecular formula is C18H19FN4O. The van der Waals surface area contributed by atoms with Crippen molar-refractivity contribution in [2.75, 3.05) is 18.5 Å². The molecule has 0 radical (unpaired) electrons. The minimum absolute atomic E-state index is 0.0646. The smallest absolute Gasteiger partial charge is 0.239 e. The SMILES string of the molecule is C[C@H](Cc1ccc(F)cc1)NC(=O)CN(C)c1ccc(C#N)cn1. The fraction of sp³-hybridized carbons (Fsp3) is 0.278. The molecule has 0 unspecified atom stereocenters. The van der Waals surface area contributed by atoms with Crippen molar-refractivity contribution in [3.63, 3.8) is 0 Å². The van der Waals surface area contributed by atoms with Crippen molar-refractivity contribution in [2.24, 2.45) is 0 Å². The molecule has 2 aromatic rings. The number of nitrogens with zero attached hydrogens (tertiary/aromatic N) is 3. The van der Waals surface area contributed by atoms with E-state index in [9.17, 15) is 9.18 Å². The Kier molecular flexibility index (Phi) is 5.85. The maximum Gasteiger partial charge on any atom is 0.239 e. The molecule has 1 heterocycles. The van der Waals surface area contributed by atoms with Gasteiger partial charge >= 0.3 is 0 Å². The van der Waals surface area contributed by atoms with E-state index in [2.05, 4.69) is 10.3 Å². The van der Waals surface area contributed by atoms with E-state index in [0.717, 1.165) is 5.56 Å². The van der Waals surface area contributed by atoms with E-state index >= 15 is 0 Å². The second-order valence-corrected chi connectivity index (χ2v) is 5.67. The third-order valence-electron chi connectivity index (χ3n) is 3.51. The summed E-state index contributed by atoms with van der Waals surface area (Å²) in [5, 5.41) is 11.7. The Hall–Kier alpha value is -2.94. The van der Waals surface area contributed by atoms with Gasteiger partial charge < -0.3 is 10.2 Å². The molecule has 1 atom stereocenters. The highest BCUT2D eigenvalue weighted by molar-refractivity contribution is 5.81. The third-order valence-corrected chi connectivity index (χ3v) is 3.51. The van der Waals surface area contributed by atoms with E-state index in [1.54, 1.807) is 36.2 Å². The van der Waals surface area contributed by atoms with Gasteiger partial charge in [-0.1, -0.05) is 12.1 Å². The van der Waals surface area contributed by atoms with Gasteiger partial charge in [0.2, 0.25) is 5.91 Å². The van der Waals surface area contributed by atoms with Crippen LogP contribution in [0.4, 0.5) is 10.2 Å². The highest BCUT2D eigenvalue weighted by Crippen LogP contribution is 2.09. The van der Waals surface area contributed by atoms with Crippen LogP contribution in [-0.4, -0.2) is 30.5 Å². The van der Waals surface area contributed by atoms with Gasteiger partial charge in [-0.15, -0.1) is 0 Å². The van der Waals surface area contributed by atoms with Gasteiger partial charge in [0.05, 0.1) is 12.1 Å². The number of carbonyl (C=O) groups is 1. The molecule has 0 aliphatic rings. The summed E-state index contributed by atoms with van der Waals surface area (Å²) < 4.78 is 12.9. The first kappa shape index (κ1) is 17.4. The molecule has 0 saturated carbocycles. The zero-order chi connectivity index (χ0) is 17.5. The second-order valence-electron chi connectivity index (χ2n) is 5.67. The van der Waals surface area contributed by atoms with Crippen LogP contribution >= 0.6 is 0 Å². The average molecular weight is 326 g/mol. The van der Waals surface area contributed by atoms with Gasteiger partial charge in [0.15, 0.2) is 0 Å². The van der Waals surface area contributed by atoms with E-state index in [1.165, 1.54) is 18.3 Å². The summed E-state index contributed by atoms with van der Waals surface area (Å²) in [6.45, 7) is 2.06. The number of anilines is 1. The molecule has 1 N–H and O–H groups in total. The summed E-state index contributed by atoms with van der Waals surface area (Å²) in [5.74, 6) is 0.223. The van der Waals surface area contributed by atoms with Gasteiger partial charge in [0, 0.05) is 19.3 Å². The van der Waals surface area contributed by atoms with Gasteiger partial charge in [0.1, 0.15) is 17.7 Å². The zero-order valence-corrected chi connectivity index (χ0v) is 13.7. The summed E-state index contributed by atoms with van der Waals surface area (Å²) >= 11 is 0. The molecule has 1 aromatic heterocycles. The Morgan fingerprint density at radius 3 is 2.62 bits per heavy atom. The molecule has 0 aliphatic carbocycles. The van der Waals surface area contributed by atoms with Crippen LogP contribution in [0, 0.1) is 17.1 Å². The Balaban J connectivity index is 1.85. The molecule has 6 heteroatoms. The number of amides is 1. The molecule has 1 aromatic carbocycles. The summed E-state index contributed by atoms with van der Waals surface area (Å²) in [6.07, 6.45) is 2.10. The van der Waals surface area contributed by atoms with Crippen LogP contribution in [0.5, 0.6) is 0 Å². The van der Waals surface area contributed by atoms with Crippen LogP contribution in [0.25, 0.3) is 0 Å². The first-order valence-electron chi connectivity index (χ1n) is 7.59. The lowest BCUT2D eigenvalue weighted by atomic mass is 10.1. The number of likely N-dealkylation sites (N-methyl/N-ethyl adjacent to an activating group) is 1. The molecule has 0 spiro atoms. The fourth-order valence-electron chi connectivity index (χ4n) is 2.32. The first-order valence-corrected chi connectivity index (χ1v) is 7.59. The Bertz CT molecular complexity index is 722. The standard InChI is InChI=1S/C18H19FN4O/c1-13(9-14-3-6-16(19)7-4-14)22-18(24)12-23(2)17-8-5-15(10-20)11-21-17/h3-8,11,13H,9,12H2,1-2H3,(H,22,24)/t13-/m1/s1. The van der Waals surface area contributed by atoms with Gasteiger partial charge in [-0.05, 0) is 43.2 Å². The van der Waals surface area contributed by atoms with Crippen LogP contribution in [0.1, 0.15) is 18.1 Å². The third kappa shape index (κ3) is 5.06. The van der Waals surface area contributed by atoms with Gasteiger partial charge in [-0.25, -0.2) is 9.37 Å². The minimum Gasteiger partial charge on any atom is -0.352 e. The molecule has 0 saturated heterocycles. The predicted octanol–water partition coefficient (Wildman–Crippen LogP) is 2.28. The number of halogens is 1. The summed E-state index contributed by atoms with van der Waals surface area (Å²) in [4.78, 5) is 18.0. The molecular weight excluding hydrogens is 307 g/mol. The fourth-order valence-corrected chi connectivity index (χ4v) is 2.32. The average Bonchev–Trinajstić information content (AvgIpc) is 2.56. The molecule has 0 bridgehead atoms. The van der Waals surface area contributed by atoms with E-state index in [0.29, 0.717) is 17.8 Å². The molecule has 24 heavy (non-hydrogen) atoms. The maximum absolute atomic E-state index is 12.9. The number of aromatic nitrogens is 1. The quantitative estimate of drug-likeness (QED) is 0.884. The van der Waals surface area contributed by atoms with Crippen LogP contribution in [0.15, 0.2) is 42.6 Å². The van der Waals surface area contributed by atoms with Crippen LogP contribution < -0.4 is 10.2 Å². The molecule has 1 amide bonds. The topological polar surface area (TPSA) is 69.0 Å². The van der Waals surface area contributed by atoms with Gasteiger partial charge in [0.25, 0.3) is 0 Å². The van der Waals surface area contributed by atoms with Crippen molar-refractivity contribution in [1.82, 2.24) is 10.3 Å². The van der Waals surface area contributed by atoms with Crippen molar-refractivity contribution in [3.05, 3.63) is 59.5 Å². The van der Waals surface area contributed by atoms with Crippen LogP contribution in [0.2, 0.25) is 0 Å². The number of hydrogen-bond acceptors (Lipinski definition) is 4. The monoisotopic (exact) mass is 326 g/mol. The minimum atomic E-state index is -0.271. The Morgan fingerprint density at radius 2 is 2.04 bits per heavy atom. The Labute approximate surface area is 140 Å². The number of nitriles is 1.